The minimum Gasteiger partial charge on any atom is -0.497 e. The highest BCUT2D eigenvalue weighted by atomic mass is 32.2. The van der Waals surface area contributed by atoms with Crippen molar-refractivity contribution in [3.63, 3.8) is 0 Å². The smallest absolute Gasteiger partial charge is 0.303 e. The van der Waals surface area contributed by atoms with Gasteiger partial charge in [0.25, 0.3) is 10.1 Å². The molecule has 462 valence electrons. The number of hydrogen-bond acceptors (Lipinski definition) is 15. The fourth-order valence-electron chi connectivity index (χ4n) is 10.4. The largest absolute Gasteiger partial charge is 0.497 e. The molecule has 0 aliphatic carbocycles. The number of aliphatic hydroxyl groups is 1. The van der Waals surface area contributed by atoms with Crippen LogP contribution in [0.4, 0.5) is 0 Å². The van der Waals surface area contributed by atoms with Crippen LogP contribution in [0, 0.1) is 6.92 Å². The van der Waals surface area contributed by atoms with E-state index < -0.39 is 83.7 Å². The predicted molar refractivity (Wildman–Crippen MR) is 332 cm³/mol. The number of carbonyl (C=O) groups is 1. The van der Waals surface area contributed by atoms with Crippen LogP contribution < -0.4 is 4.74 Å². The number of methoxy groups -OCH3 is 1. The SMILES string of the molecule is COc1ccc(CO[C@H](C[C@H]2O[C@H](COCc3ccccc3)[C@@H](OCc3ccccc3)[C@H](OCc3ccccc3)[C@H]2OCc2ccccc2)[C@@H](OC(C)=O)[C@@H](OCc2ccccc2)[C@H](OCc2ccccc2)[C@@H](O)COS(=O)(=O)c2ccc(C)cc2)cc1. The number of benzene rings is 8. The van der Waals surface area contributed by atoms with E-state index in [0.29, 0.717) is 5.75 Å². The highest BCUT2D eigenvalue weighted by molar-refractivity contribution is 7.86. The van der Waals surface area contributed by atoms with Gasteiger partial charge in [0.15, 0.2) is 6.10 Å². The molecular formula is C72H78O15S. The quantitative estimate of drug-likeness (QED) is 0.0298. The van der Waals surface area contributed by atoms with Gasteiger partial charge < -0.3 is 52.5 Å². The third-order valence-electron chi connectivity index (χ3n) is 15.0. The molecule has 15 nitrogen and oxygen atoms in total. The zero-order chi connectivity index (χ0) is 61.3. The van der Waals surface area contributed by atoms with Crippen LogP contribution in [0.3, 0.4) is 0 Å². The normalized spacial score (nSPS) is 18.6. The second-order valence-corrected chi connectivity index (χ2v) is 23.3. The number of esters is 1. The molecule has 0 amide bonds. The van der Waals surface area contributed by atoms with Crippen molar-refractivity contribution in [1.29, 1.82) is 0 Å². The minimum absolute atomic E-state index is 0.0313. The topological polar surface area (TPSA) is 173 Å². The zero-order valence-electron chi connectivity index (χ0n) is 49.9. The molecule has 1 N–H and O–H groups in total. The standard InChI is InChI=1S/C72H78O15S/c1-52-34-40-62(41-35-52)88(75,76)85-50-63(74)67(80-45-55-24-12-5-13-25-55)71(83-48-58-30-18-8-19-31-58)70(86-53(2)73)64(79-44-60-36-38-61(77-3)39-37-60)42-65-68(81-46-56-26-14-6-15-27-56)72(84-49-59-32-20-9-21-33-59)69(82-47-57-28-16-7-17-29-57)66(87-65)51-78-43-54-22-10-4-11-23-54/h4-41,63-72,74H,42-51H2,1-3H3/t63-,64+,65+,66+,67+,68-,69+,70+,71-,72+/m0/s1. The molecular weight excluding hydrogens is 1140 g/mol. The van der Waals surface area contributed by atoms with Gasteiger partial charge in [-0.1, -0.05) is 212 Å². The molecule has 9 rings (SSSR count). The molecule has 16 heteroatoms. The molecule has 0 spiro atoms. The van der Waals surface area contributed by atoms with Crippen molar-refractivity contribution in [3.05, 3.63) is 275 Å². The van der Waals surface area contributed by atoms with Crippen LogP contribution in [-0.4, -0.2) is 101 Å². The molecule has 0 bridgehead atoms. The van der Waals surface area contributed by atoms with Gasteiger partial charge in [-0.05, 0) is 70.1 Å². The Morgan fingerprint density at radius 2 is 0.886 bits per heavy atom. The molecule has 0 unspecified atom stereocenters. The Morgan fingerprint density at radius 1 is 0.477 bits per heavy atom. The maximum absolute atomic E-state index is 14.0. The van der Waals surface area contributed by atoms with E-state index in [1.54, 1.807) is 19.2 Å². The molecule has 1 aliphatic heterocycles. The van der Waals surface area contributed by atoms with Gasteiger partial charge in [-0.3, -0.25) is 8.98 Å². The second-order valence-electron chi connectivity index (χ2n) is 21.6. The van der Waals surface area contributed by atoms with Crippen molar-refractivity contribution in [1.82, 2.24) is 0 Å². The molecule has 1 saturated heterocycles. The lowest BCUT2D eigenvalue weighted by atomic mass is 9.88. The van der Waals surface area contributed by atoms with E-state index in [-0.39, 0.29) is 64.2 Å². The Kier molecular flexibility index (Phi) is 25.0. The summed E-state index contributed by atoms with van der Waals surface area (Å²) in [4.78, 5) is 13.9. The fourth-order valence-corrected chi connectivity index (χ4v) is 11.4. The lowest BCUT2D eigenvalue weighted by Crippen LogP contribution is -2.62. The maximum atomic E-state index is 14.0. The van der Waals surface area contributed by atoms with Crippen molar-refractivity contribution in [3.8, 4) is 5.75 Å². The summed E-state index contributed by atoms with van der Waals surface area (Å²) >= 11 is 0. The van der Waals surface area contributed by atoms with Gasteiger partial charge in [-0.25, -0.2) is 0 Å². The lowest BCUT2D eigenvalue weighted by Gasteiger charge is -2.47. The number of carbonyl (C=O) groups excluding carboxylic acids is 1. The average Bonchev–Trinajstić information content (AvgIpc) is 2.15. The van der Waals surface area contributed by atoms with Gasteiger partial charge >= 0.3 is 5.97 Å². The third-order valence-corrected chi connectivity index (χ3v) is 16.3. The highest BCUT2D eigenvalue weighted by Gasteiger charge is 2.51. The van der Waals surface area contributed by atoms with Gasteiger partial charge in [-0.15, -0.1) is 0 Å². The summed E-state index contributed by atoms with van der Waals surface area (Å²) in [7, 11) is -2.84. The number of hydrogen-bond donors (Lipinski definition) is 1. The molecule has 8 aromatic rings. The Morgan fingerprint density at radius 3 is 1.35 bits per heavy atom. The average molecular weight is 1220 g/mol. The van der Waals surface area contributed by atoms with E-state index in [2.05, 4.69) is 0 Å². The van der Waals surface area contributed by atoms with E-state index in [0.717, 1.165) is 44.5 Å². The van der Waals surface area contributed by atoms with E-state index in [1.165, 1.54) is 19.1 Å². The van der Waals surface area contributed by atoms with Crippen molar-refractivity contribution in [2.45, 2.75) is 132 Å². The first-order valence-electron chi connectivity index (χ1n) is 29.6. The Hall–Kier alpha value is -7.42. The summed E-state index contributed by atoms with van der Waals surface area (Å²) < 4.78 is 102. The van der Waals surface area contributed by atoms with Gasteiger partial charge in [0.05, 0.1) is 77.6 Å². The summed E-state index contributed by atoms with van der Waals surface area (Å²) in [6, 6.07) is 71.5. The minimum atomic E-state index is -4.42. The van der Waals surface area contributed by atoms with Crippen molar-refractivity contribution >= 4 is 16.1 Å². The highest BCUT2D eigenvalue weighted by Crippen LogP contribution is 2.36. The molecule has 1 heterocycles. The number of ether oxygens (including phenoxy) is 10. The third kappa shape index (κ3) is 19.8. The summed E-state index contributed by atoms with van der Waals surface area (Å²) in [5.41, 5.74) is 6.74. The van der Waals surface area contributed by atoms with Crippen LogP contribution in [0.1, 0.15) is 57.9 Å². The van der Waals surface area contributed by atoms with Crippen LogP contribution in [-0.2, 0) is 108 Å². The lowest BCUT2D eigenvalue weighted by molar-refractivity contribution is -0.281. The summed E-state index contributed by atoms with van der Waals surface area (Å²) in [6.45, 7) is 3.00. The molecule has 0 radical (unpaired) electrons. The molecule has 0 aromatic heterocycles. The van der Waals surface area contributed by atoms with Crippen molar-refractivity contribution < 1.29 is 69.9 Å². The van der Waals surface area contributed by atoms with Crippen LogP contribution in [0.5, 0.6) is 5.75 Å². The van der Waals surface area contributed by atoms with E-state index in [9.17, 15) is 18.3 Å². The van der Waals surface area contributed by atoms with Crippen molar-refractivity contribution in [2.24, 2.45) is 0 Å². The Bertz CT molecular complexity index is 3370. The van der Waals surface area contributed by atoms with E-state index in [4.69, 9.17) is 51.6 Å². The van der Waals surface area contributed by atoms with Gasteiger partial charge in [-0.2, -0.15) is 8.42 Å². The molecule has 8 aromatic carbocycles. The Balaban J connectivity index is 1.17. The van der Waals surface area contributed by atoms with Gasteiger partial charge in [0, 0.05) is 13.3 Å². The van der Waals surface area contributed by atoms with Crippen LogP contribution in [0.25, 0.3) is 0 Å². The van der Waals surface area contributed by atoms with Crippen molar-refractivity contribution in [2.75, 3.05) is 20.3 Å². The zero-order valence-corrected chi connectivity index (χ0v) is 50.7. The monoisotopic (exact) mass is 1210 g/mol. The van der Waals surface area contributed by atoms with Gasteiger partial charge in [0.2, 0.25) is 0 Å². The van der Waals surface area contributed by atoms with Crippen LogP contribution in [0.2, 0.25) is 0 Å². The van der Waals surface area contributed by atoms with Crippen LogP contribution >= 0.6 is 0 Å². The van der Waals surface area contributed by atoms with E-state index >= 15 is 0 Å². The summed E-state index contributed by atoms with van der Waals surface area (Å²) in [5, 5.41) is 12.6. The Labute approximate surface area is 517 Å². The van der Waals surface area contributed by atoms with Crippen LogP contribution in [0.15, 0.2) is 235 Å². The first-order valence-corrected chi connectivity index (χ1v) is 31.0. The predicted octanol–water partition coefficient (Wildman–Crippen LogP) is 11.9. The maximum Gasteiger partial charge on any atom is 0.303 e. The van der Waals surface area contributed by atoms with E-state index in [1.807, 2.05) is 213 Å². The molecule has 1 fully saturated rings. The fraction of sp³-hybridized carbons (Fsp3) is 0.319. The number of rotatable bonds is 34. The van der Waals surface area contributed by atoms with Gasteiger partial charge in [0.1, 0.15) is 54.6 Å². The summed E-state index contributed by atoms with van der Waals surface area (Å²) in [6.07, 6.45) is -11.6. The first-order chi connectivity index (χ1) is 43.0. The molecule has 88 heavy (non-hydrogen) atoms. The number of aryl methyl sites for hydroxylation is 1. The molecule has 10 atom stereocenters. The molecule has 1 aliphatic rings. The summed E-state index contributed by atoms with van der Waals surface area (Å²) in [5.74, 6) is -0.0791. The first kappa shape index (κ1) is 65.0. The molecule has 0 saturated carbocycles. The number of aliphatic hydroxyl groups excluding tert-OH is 1. The second kappa shape index (κ2) is 33.8.